The number of aryl methyl sites for hydroxylation is 1. The number of nitrogens with zero attached hydrogens (tertiary/aromatic N) is 1. The number of amides is 1. The average molecular weight is 394 g/mol. The molecule has 0 saturated carbocycles. The number of nitrogens with one attached hydrogen (secondary N) is 1. The summed E-state index contributed by atoms with van der Waals surface area (Å²) >= 11 is 0. The van der Waals surface area contributed by atoms with Crippen molar-refractivity contribution in [2.45, 2.75) is 31.7 Å². The first kappa shape index (κ1) is 20.7. The maximum Gasteiger partial charge on any atom is 0.305 e. The van der Waals surface area contributed by atoms with E-state index in [1.54, 1.807) is 32.0 Å². The molecule has 0 aliphatic carbocycles. The highest BCUT2D eigenvalue weighted by Gasteiger charge is 2.21. The van der Waals surface area contributed by atoms with Crippen LogP contribution in [0.2, 0.25) is 0 Å². The number of aliphatic carboxylic acids is 1. The molecule has 0 aliphatic rings. The van der Waals surface area contributed by atoms with E-state index in [-0.39, 0.29) is 30.0 Å². The Balaban J connectivity index is 2.23. The molecule has 0 fully saturated rings. The molecule has 1 aromatic carbocycles. The van der Waals surface area contributed by atoms with Gasteiger partial charge in [-0.15, -0.1) is 0 Å². The van der Waals surface area contributed by atoms with Gasteiger partial charge in [0.25, 0.3) is 5.91 Å². The van der Waals surface area contributed by atoms with E-state index < -0.39 is 21.9 Å². The fourth-order valence-electron chi connectivity index (χ4n) is 2.47. The number of carboxylic acids is 1. The number of sulfonamides is 1. The maximum absolute atomic E-state index is 12.7. The van der Waals surface area contributed by atoms with Crippen LogP contribution in [0.15, 0.2) is 45.9 Å². The van der Waals surface area contributed by atoms with Crippen LogP contribution in [0.3, 0.4) is 0 Å². The fraction of sp³-hybridized carbons (Fsp3) is 0.333. The van der Waals surface area contributed by atoms with Crippen LogP contribution in [-0.2, 0) is 21.4 Å². The molecule has 1 amide bonds. The van der Waals surface area contributed by atoms with E-state index in [9.17, 15) is 18.0 Å². The Kier molecular flexibility index (Phi) is 6.75. The van der Waals surface area contributed by atoms with Crippen LogP contribution < -0.4 is 4.72 Å². The highest BCUT2D eigenvalue weighted by molar-refractivity contribution is 7.89. The summed E-state index contributed by atoms with van der Waals surface area (Å²) in [7, 11) is -3.84. The molecule has 146 valence electrons. The summed E-state index contributed by atoms with van der Waals surface area (Å²) in [6.45, 7) is 3.80. The van der Waals surface area contributed by atoms with E-state index >= 15 is 0 Å². The first-order valence-electron chi connectivity index (χ1n) is 8.38. The van der Waals surface area contributed by atoms with Crippen LogP contribution in [0, 0.1) is 6.92 Å². The van der Waals surface area contributed by atoms with Gasteiger partial charge in [0, 0.05) is 18.7 Å². The van der Waals surface area contributed by atoms with Crippen LogP contribution in [0.4, 0.5) is 0 Å². The van der Waals surface area contributed by atoms with E-state index in [4.69, 9.17) is 9.52 Å². The molecule has 2 rings (SSSR count). The third kappa shape index (κ3) is 5.41. The lowest BCUT2D eigenvalue weighted by atomic mass is 10.1. The normalized spacial score (nSPS) is 11.3. The molecule has 0 radical (unpaired) electrons. The van der Waals surface area contributed by atoms with Crippen molar-refractivity contribution >= 4 is 21.9 Å². The highest BCUT2D eigenvalue weighted by Crippen LogP contribution is 2.18. The standard InChI is InChI=1S/C18H22N2O6S/c1-3-20(9-8-17(21)22)18(23)16-11-15(7-6-13(16)2)27(24,25)19-12-14-5-4-10-26-14/h4-7,10-11,19H,3,8-9,12H2,1-2H3,(H,21,22). The number of hydrogen-bond acceptors (Lipinski definition) is 5. The Hall–Kier alpha value is -2.65. The molecule has 0 atom stereocenters. The largest absolute Gasteiger partial charge is 0.481 e. The minimum Gasteiger partial charge on any atom is -0.481 e. The zero-order valence-electron chi connectivity index (χ0n) is 15.1. The molecule has 8 nitrogen and oxygen atoms in total. The van der Waals surface area contributed by atoms with Crippen LogP contribution in [-0.4, -0.2) is 43.4 Å². The molecule has 0 unspecified atom stereocenters. The summed E-state index contributed by atoms with van der Waals surface area (Å²) in [5, 5.41) is 8.82. The Morgan fingerprint density at radius 1 is 1.26 bits per heavy atom. The molecule has 2 aromatic rings. The molecule has 0 spiro atoms. The minimum atomic E-state index is -3.84. The summed E-state index contributed by atoms with van der Waals surface area (Å²) in [5.74, 6) is -0.941. The molecular formula is C18H22N2O6S. The van der Waals surface area contributed by atoms with Gasteiger partial charge in [0.15, 0.2) is 0 Å². The number of rotatable bonds is 9. The zero-order valence-corrected chi connectivity index (χ0v) is 16.0. The van der Waals surface area contributed by atoms with Crippen molar-refractivity contribution in [2.24, 2.45) is 0 Å². The third-order valence-electron chi connectivity index (χ3n) is 4.03. The smallest absolute Gasteiger partial charge is 0.305 e. The Morgan fingerprint density at radius 3 is 2.59 bits per heavy atom. The van der Waals surface area contributed by atoms with Crippen LogP contribution in [0.5, 0.6) is 0 Å². The first-order valence-corrected chi connectivity index (χ1v) is 9.86. The van der Waals surface area contributed by atoms with Crippen molar-refractivity contribution < 1.29 is 27.5 Å². The Labute approximate surface area is 157 Å². The molecule has 1 heterocycles. The second kappa shape index (κ2) is 8.83. The van der Waals surface area contributed by atoms with Gasteiger partial charge < -0.3 is 14.4 Å². The fourth-order valence-corrected chi connectivity index (χ4v) is 3.48. The lowest BCUT2D eigenvalue weighted by Crippen LogP contribution is -2.33. The van der Waals surface area contributed by atoms with Gasteiger partial charge in [0.05, 0.1) is 24.1 Å². The number of benzene rings is 1. The predicted molar refractivity (Wildman–Crippen MR) is 97.7 cm³/mol. The van der Waals surface area contributed by atoms with E-state index in [0.29, 0.717) is 17.9 Å². The van der Waals surface area contributed by atoms with E-state index in [2.05, 4.69) is 4.72 Å². The van der Waals surface area contributed by atoms with Gasteiger partial charge in [-0.1, -0.05) is 6.07 Å². The SMILES string of the molecule is CCN(CCC(=O)O)C(=O)c1cc(S(=O)(=O)NCc2ccco2)ccc1C. The summed E-state index contributed by atoms with van der Waals surface area (Å²) in [6, 6.07) is 7.59. The van der Waals surface area contributed by atoms with Crippen molar-refractivity contribution in [3.8, 4) is 0 Å². The van der Waals surface area contributed by atoms with Gasteiger partial charge in [0.2, 0.25) is 10.0 Å². The molecule has 0 bridgehead atoms. The molecule has 1 aromatic heterocycles. The number of carbonyl (C=O) groups excluding carboxylic acids is 1. The monoisotopic (exact) mass is 394 g/mol. The van der Waals surface area contributed by atoms with Gasteiger partial charge in [0.1, 0.15) is 5.76 Å². The quantitative estimate of drug-likeness (QED) is 0.672. The summed E-state index contributed by atoms with van der Waals surface area (Å²) in [5.41, 5.74) is 0.835. The highest BCUT2D eigenvalue weighted by atomic mass is 32.2. The number of carboxylic acid groups (broad SMARTS) is 1. The van der Waals surface area contributed by atoms with Gasteiger partial charge in [-0.2, -0.15) is 0 Å². The summed E-state index contributed by atoms with van der Waals surface area (Å²) < 4.78 is 32.5. The predicted octanol–water partition coefficient (Wildman–Crippen LogP) is 2.00. The van der Waals surface area contributed by atoms with E-state index in [1.807, 2.05) is 0 Å². The molecular weight excluding hydrogens is 372 g/mol. The van der Waals surface area contributed by atoms with Gasteiger partial charge in [-0.05, 0) is 43.7 Å². The van der Waals surface area contributed by atoms with Crippen LogP contribution >= 0.6 is 0 Å². The number of furan rings is 1. The van der Waals surface area contributed by atoms with Crippen LogP contribution in [0.1, 0.15) is 35.0 Å². The van der Waals surface area contributed by atoms with Gasteiger partial charge >= 0.3 is 5.97 Å². The Morgan fingerprint density at radius 2 is 2.00 bits per heavy atom. The van der Waals surface area contributed by atoms with Gasteiger partial charge in [-0.3, -0.25) is 9.59 Å². The number of carbonyl (C=O) groups is 2. The molecule has 0 saturated heterocycles. The maximum atomic E-state index is 12.7. The molecule has 27 heavy (non-hydrogen) atoms. The van der Waals surface area contributed by atoms with Gasteiger partial charge in [-0.25, -0.2) is 13.1 Å². The first-order chi connectivity index (χ1) is 12.7. The van der Waals surface area contributed by atoms with Crippen molar-refractivity contribution in [3.63, 3.8) is 0 Å². The lowest BCUT2D eigenvalue weighted by molar-refractivity contribution is -0.137. The third-order valence-corrected chi connectivity index (χ3v) is 5.43. The summed E-state index contributed by atoms with van der Waals surface area (Å²) in [6.07, 6.45) is 1.27. The van der Waals surface area contributed by atoms with E-state index in [1.165, 1.54) is 23.3 Å². The molecule has 2 N–H and O–H groups in total. The van der Waals surface area contributed by atoms with Crippen molar-refractivity contribution in [1.29, 1.82) is 0 Å². The summed E-state index contributed by atoms with van der Waals surface area (Å²) in [4.78, 5) is 24.8. The van der Waals surface area contributed by atoms with Crippen LogP contribution in [0.25, 0.3) is 0 Å². The Bertz CT molecular complexity index is 906. The second-order valence-corrected chi connectivity index (χ2v) is 7.68. The van der Waals surface area contributed by atoms with E-state index in [0.717, 1.165) is 0 Å². The average Bonchev–Trinajstić information content (AvgIpc) is 3.14. The minimum absolute atomic E-state index is 0.00775. The van der Waals surface area contributed by atoms with Crippen molar-refractivity contribution in [1.82, 2.24) is 9.62 Å². The van der Waals surface area contributed by atoms with Crippen molar-refractivity contribution in [3.05, 3.63) is 53.5 Å². The zero-order chi connectivity index (χ0) is 20.0. The molecule has 9 heteroatoms. The van der Waals surface area contributed by atoms with Crippen molar-refractivity contribution in [2.75, 3.05) is 13.1 Å². The topological polar surface area (TPSA) is 117 Å². The second-order valence-electron chi connectivity index (χ2n) is 5.91. The molecule has 0 aliphatic heterocycles. The number of hydrogen-bond donors (Lipinski definition) is 2. The lowest BCUT2D eigenvalue weighted by Gasteiger charge is -2.21.